The normalized spacial score (nSPS) is 20.5. The predicted molar refractivity (Wildman–Crippen MR) is 75.2 cm³/mol. The van der Waals surface area contributed by atoms with Gasteiger partial charge in [-0.3, -0.25) is 9.59 Å². The number of ether oxygens (including phenoxy) is 1. The van der Waals surface area contributed by atoms with Crippen molar-refractivity contribution >= 4 is 17.6 Å². The van der Waals surface area contributed by atoms with Crippen molar-refractivity contribution in [3.63, 3.8) is 0 Å². The fourth-order valence-corrected chi connectivity index (χ4v) is 2.40. The molecule has 0 aromatic heterocycles. The first-order valence-corrected chi connectivity index (χ1v) is 7.02. The second-order valence-corrected chi connectivity index (χ2v) is 5.45. The van der Waals surface area contributed by atoms with Crippen LogP contribution in [0.4, 0.5) is 18.9 Å². The quantitative estimate of drug-likeness (QED) is 0.870. The molecule has 1 aliphatic rings. The van der Waals surface area contributed by atoms with Gasteiger partial charge in [-0.25, -0.2) is 0 Å². The third kappa shape index (κ3) is 4.14. The molecule has 126 valence electrons. The van der Waals surface area contributed by atoms with Crippen LogP contribution in [0.25, 0.3) is 0 Å². The number of rotatable bonds is 5. The number of hydrogen-bond acceptors (Lipinski definition) is 3. The third-order valence-corrected chi connectivity index (χ3v) is 3.86. The van der Waals surface area contributed by atoms with Crippen molar-refractivity contribution in [2.45, 2.75) is 25.9 Å². The Morgan fingerprint density at radius 3 is 2.48 bits per heavy atom. The van der Waals surface area contributed by atoms with Crippen molar-refractivity contribution in [1.29, 1.82) is 0 Å². The van der Waals surface area contributed by atoms with E-state index in [1.807, 2.05) is 0 Å². The number of alkyl halides is 3. The second-order valence-electron chi connectivity index (χ2n) is 5.45. The SMILES string of the molecule is Cc1c(NC(=O)C2CCC2C(=O)O)cccc1OCC(F)(F)F. The lowest BCUT2D eigenvalue weighted by Crippen LogP contribution is -2.41. The zero-order valence-corrected chi connectivity index (χ0v) is 12.3. The molecular formula is C15H16F3NO4. The van der Waals surface area contributed by atoms with Crippen molar-refractivity contribution in [1.82, 2.24) is 0 Å². The van der Waals surface area contributed by atoms with E-state index in [1.54, 1.807) is 0 Å². The van der Waals surface area contributed by atoms with Crippen molar-refractivity contribution in [3.8, 4) is 5.75 Å². The number of amides is 1. The smallest absolute Gasteiger partial charge is 0.422 e. The minimum atomic E-state index is -4.45. The first-order chi connectivity index (χ1) is 10.7. The molecule has 0 aliphatic heterocycles. The molecule has 23 heavy (non-hydrogen) atoms. The first-order valence-electron chi connectivity index (χ1n) is 7.02. The highest BCUT2D eigenvalue weighted by Gasteiger charge is 2.41. The summed E-state index contributed by atoms with van der Waals surface area (Å²) in [6.07, 6.45) is -3.53. The summed E-state index contributed by atoms with van der Waals surface area (Å²) in [4.78, 5) is 23.0. The lowest BCUT2D eigenvalue weighted by Gasteiger charge is -2.32. The Hall–Kier alpha value is -2.25. The van der Waals surface area contributed by atoms with Gasteiger partial charge in [0.2, 0.25) is 5.91 Å². The minimum absolute atomic E-state index is 0.0171. The summed E-state index contributed by atoms with van der Waals surface area (Å²) < 4.78 is 41.3. The molecule has 0 bridgehead atoms. The number of carboxylic acids is 1. The minimum Gasteiger partial charge on any atom is -0.484 e. The van der Waals surface area contributed by atoms with Gasteiger partial charge < -0.3 is 15.2 Å². The maximum atomic E-state index is 12.2. The number of carbonyl (C=O) groups is 2. The molecule has 0 spiro atoms. The topological polar surface area (TPSA) is 75.6 Å². The van der Waals surface area contributed by atoms with Gasteiger partial charge in [-0.1, -0.05) is 6.07 Å². The molecule has 0 radical (unpaired) electrons. The zero-order chi connectivity index (χ0) is 17.2. The van der Waals surface area contributed by atoms with Gasteiger partial charge in [0.15, 0.2) is 6.61 Å². The number of carbonyl (C=O) groups excluding carboxylic acids is 1. The molecule has 2 N–H and O–H groups in total. The van der Waals surface area contributed by atoms with Crippen LogP contribution in [0.5, 0.6) is 5.75 Å². The molecule has 0 saturated heterocycles. The third-order valence-electron chi connectivity index (χ3n) is 3.86. The Morgan fingerprint density at radius 2 is 1.96 bits per heavy atom. The van der Waals surface area contributed by atoms with E-state index < -0.39 is 36.5 Å². The Balaban J connectivity index is 2.06. The highest BCUT2D eigenvalue weighted by molar-refractivity contribution is 5.96. The lowest BCUT2D eigenvalue weighted by molar-refractivity contribution is -0.153. The second kappa shape index (κ2) is 6.47. The van der Waals surface area contributed by atoms with Crippen LogP contribution >= 0.6 is 0 Å². The van der Waals surface area contributed by atoms with Gasteiger partial charge in [-0.05, 0) is 31.9 Å². The van der Waals surface area contributed by atoms with Gasteiger partial charge in [-0.2, -0.15) is 13.2 Å². The number of carboxylic acid groups (broad SMARTS) is 1. The molecule has 1 aliphatic carbocycles. The lowest BCUT2D eigenvalue weighted by atomic mass is 9.73. The molecular weight excluding hydrogens is 315 g/mol. The molecule has 1 fully saturated rings. The summed E-state index contributed by atoms with van der Waals surface area (Å²) in [5, 5.41) is 11.5. The highest BCUT2D eigenvalue weighted by Crippen LogP contribution is 2.36. The van der Waals surface area contributed by atoms with Crippen LogP contribution < -0.4 is 10.1 Å². The molecule has 2 atom stereocenters. The van der Waals surface area contributed by atoms with Gasteiger partial charge in [0, 0.05) is 11.3 Å². The van der Waals surface area contributed by atoms with E-state index >= 15 is 0 Å². The van der Waals surface area contributed by atoms with E-state index in [-0.39, 0.29) is 5.75 Å². The van der Waals surface area contributed by atoms with E-state index in [0.29, 0.717) is 24.1 Å². The number of halogens is 3. The number of aliphatic carboxylic acids is 1. The first kappa shape index (κ1) is 17.1. The molecule has 1 aromatic rings. The van der Waals surface area contributed by atoms with Crippen molar-refractivity contribution in [2.75, 3.05) is 11.9 Å². The van der Waals surface area contributed by atoms with E-state index in [4.69, 9.17) is 9.84 Å². The fourth-order valence-electron chi connectivity index (χ4n) is 2.40. The summed E-state index contributed by atoms with van der Waals surface area (Å²) in [5.41, 5.74) is 0.669. The van der Waals surface area contributed by atoms with Gasteiger partial charge >= 0.3 is 12.1 Å². The van der Waals surface area contributed by atoms with Gasteiger partial charge in [-0.15, -0.1) is 0 Å². The average molecular weight is 331 g/mol. The molecule has 1 aromatic carbocycles. The largest absolute Gasteiger partial charge is 0.484 e. The Labute approximate surface area is 130 Å². The Morgan fingerprint density at radius 1 is 1.30 bits per heavy atom. The summed E-state index contributed by atoms with van der Waals surface area (Å²) in [6, 6.07) is 4.37. The highest BCUT2D eigenvalue weighted by atomic mass is 19.4. The molecule has 0 heterocycles. The number of nitrogens with one attached hydrogen (secondary N) is 1. The maximum Gasteiger partial charge on any atom is 0.422 e. The van der Waals surface area contributed by atoms with Crippen molar-refractivity contribution < 1.29 is 32.6 Å². The molecule has 1 amide bonds. The molecule has 2 rings (SSSR count). The number of anilines is 1. The van der Waals surface area contributed by atoms with Crippen LogP contribution in [0, 0.1) is 18.8 Å². The van der Waals surface area contributed by atoms with Gasteiger partial charge in [0.05, 0.1) is 11.8 Å². The zero-order valence-electron chi connectivity index (χ0n) is 12.3. The fraction of sp³-hybridized carbons (Fsp3) is 0.467. The van der Waals surface area contributed by atoms with E-state index in [9.17, 15) is 22.8 Å². The van der Waals surface area contributed by atoms with Crippen LogP contribution in [-0.4, -0.2) is 29.8 Å². The standard InChI is InChI=1S/C15H16F3NO4/c1-8-11(3-2-4-12(8)23-7-15(16,17)18)19-13(20)9-5-6-10(9)14(21)22/h2-4,9-10H,5-7H2,1H3,(H,19,20)(H,21,22). The van der Waals surface area contributed by atoms with Crippen LogP contribution in [0.15, 0.2) is 18.2 Å². The number of hydrogen-bond donors (Lipinski definition) is 2. The summed E-state index contributed by atoms with van der Waals surface area (Å²) in [7, 11) is 0. The van der Waals surface area contributed by atoms with Crippen LogP contribution in [0.1, 0.15) is 18.4 Å². The monoisotopic (exact) mass is 331 g/mol. The Kier molecular flexibility index (Phi) is 4.82. The van der Waals surface area contributed by atoms with E-state index in [1.165, 1.54) is 25.1 Å². The van der Waals surface area contributed by atoms with Crippen molar-refractivity contribution in [2.24, 2.45) is 11.8 Å². The maximum absolute atomic E-state index is 12.2. The molecule has 8 heteroatoms. The van der Waals surface area contributed by atoms with Crippen LogP contribution in [-0.2, 0) is 9.59 Å². The summed E-state index contributed by atoms with van der Waals surface area (Å²) in [6.45, 7) is 0.103. The van der Waals surface area contributed by atoms with Crippen LogP contribution in [0.2, 0.25) is 0 Å². The summed E-state index contributed by atoms with van der Waals surface area (Å²) in [5.74, 6) is -2.77. The average Bonchev–Trinajstić information content (AvgIpc) is 2.36. The van der Waals surface area contributed by atoms with Gasteiger partial charge in [0.1, 0.15) is 5.75 Å². The Bertz CT molecular complexity index is 615. The van der Waals surface area contributed by atoms with Crippen LogP contribution in [0.3, 0.4) is 0 Å². The van der Waals surface area contributed by atoms with E-state index in [2.05, 4.69) is 5.32 Å². The predicted octanol–water partition coefficient (Wildman–Crippen LogP) is 2.99. The molecule has 2 unspecified atom stereocenters. The van der Waals surface area contributed by atoms with Crippen molar-refractivity contribution in [3.05, 3.63) is 23.8 Å². The summed E-state index contributed by atoms with van der Waals surface area (Å²) >= 11 is 0. The number of benzene rings is 1. The van der Waals surface area contributed by atoms with E-state index in [0.717, 1.165) is 0 Å². The van der Waals surface area contributed by atoms with Gasteiger partial charge in [0.25, 0.3) is 0 Å². The molecule has 5 nitrogen and oxygen atoms in total. The molecule has 1 saturated carbocycles.